The summed E-state index contributed by atoms with van der Waals surface area (Å²) in [4.78, 5) is 71.9. The Labute approximate surface area is 308 Å². The molecule has 3 atom stereocenters. The van der Waals surface area contributed by atoms with Gasteiger partial charge in [0, 0.05) is 29.7 Å². The number of aliphatic hydroxyl groups is 3. The van der Waals surface area contributed by atoms with E-state index in [4.69, 9.17) is 16.0 Å². The predicted octanol–water partition coefficient (Wildman–Crippen LogP) is 1.56. The van der Waals surface area contributed by atoms with Crippen LogP contribution < -0.4 is 16.0 Å². The maximum absolute atomic E-state index is 13.8. The van der Waals surface area contributed by atoms with Crippen molar-refractivity contribution in [1.29, 1.82) is 0 Å². The maximum atomic E-state index is 13.8. The van der Waals surface area contributed by atoms with E-state index in [9.17, 15) is 39.3 Å². The van der Waals surface area contributed by atoms with Gasteiger partial charge in [0.1, 0.15) is 23.2 Å². The molecule has 4 amide bonds. The molecule has 17 heteroatoms. The fraction of sp³-hybridized carbons (Fsp3) is 0.657. The van der Waals surface area contributed by atoms with Crippen molar-refractivity contribution in [3.63, 3.8) is 0 Å². The van der Waals surface area contributed by atoms with Crippen LogP contribution in [0.1, 0.15) is 107 Å². The lowest BCUT2D eigenvalue weighted by Gasteiger charge is -2.31. The molecule has 3 rings (SSSR count). The fourth-order valence-electron chi connectivity index (χ4n) is 5.86. The van der Waals surface area contributed by atoms with Crippen molar-refractivity contribution in [2.24, 2.45) is 11.8 Å². The SMILES string of the molecule is CC(C)[C@H](NC(=O)[C@H]1CCCN1C(=O)[C@@H](NC(=O)CCCCC(C)(C)NC(=O)c1cc(Cl)ccn1)C(C)C)C(=O)c1nnc(C(CO)(CO)CO)o1. The molecular weight excluding hydrogens is 698 g/mol. The number of aliphatic hydroxyl groups excluding tert-OH is 3. The van der Waals surface area contributed by atoms with Crippen LogP contribution in [0.2, 0.25) is 5.02 Å². The van der Waals surface area contributed by atoms with Crippen molar-refractivity contribution >= 4 is 41.0 Å². The number of amides is 4. The number of hydrogen-bond acceptors (Lipinski definition) is 12. The van der Waals surface area contributed by atoms with E-state index in [-0.39, 0.29) is 35.7 Å². The minimum Gasteiger partial charge on any atom is -0.417 e. The van der Waals surface area contributed by atoms with Gasteiger partial charge in [-0.15, -0.1) is 10.2 Å². The van der Waals surface area contributed by atoms with Crippen LogP contribution in [0.25, 0.3) is 0 Å². The largest absolute Gasteiger partial charge is 0.417 e. The van der Waals surface area contributed by atoms with Crippen molar-refractivity contribution in [2.45, 2.75) is 109 Å². The highest BCUT2D eigenvalue weighted by Gasteiger charge is 2.42. The zero-order valence-corrected chi connectivity index (χ0v) is 31.4. The van der Waals surface area contributed by atoms with Gasteiger partial charge in [0.15, 0.2) is 0 Å². The lowest BCUT2D eigenvalue weighted by molar-refractivity contribution is -0.142. The van der Waals surface area contributed by atoms with Gasteiger partial charge in [-0.1, -0.05) is 45.7 Å². The van der Waals surface area contributed by atoms with E-state index in [2.05, 4.69) is 31.1 Å². The van der Waals surface area contributed by atoms with Gasteiger partial charge in [0.05, 0.1) is 25.9 Å². The molecule has 1 fully saturated rings. The van der Waals surface area contributed by atoms with E-state index in [1.807, 2.05) is 13.8 Å². The van der Waals surface area contributed by atoms with Crippen molar-refractivity contribution in [2.75, 3.05) is 26.4 Å². The third-order valence-corrected chi connectivity index (χ3v) is 9.43. The van der Waals surface area contributed by atoms with Gasteiger partial charge in [0.2, 0.25) is 29.4 Å². The lowest BCUT2D eigenvalue weighted by atomic mass is 9.91. The maximum Gasteiger partial charge on any atom is 0.286 e. The molecule has 3 heterocycles. The average Bonchev–Trinajstić information content (AvgIpc) is 3.80. The number of pyridine rings is 1. The predicted molar refractivity (Wildman–Crippen MR) is 189 cm³/mol. The Kier molecular flexibility index (Phi) is 15.2. The zero-order chi connectivity index (χ0) is 38.8. The Bertz CT molecular complexity index is 1550. The first-order valence-corrected chi connectivity index (χ1v) is 17.9. The minimum absolute atomic E-state index is 0.159. The second-order valence-electron chi connectivity index (χ2n) is 14.6. The molecule has 1 aliphatic heterocycles. The van der Waals surface area contributed by atoms with Crippen LogP contribution in [0.5, 0.6) is 0 Å². The van der Waals surface area contributed by atoms with Gasteiger partial charge in [0.25, 0.3) is 11.8 Å². The van der Waals surface area contributed by atoms with E-state index >= 15 is 0 Å². The molecule has 16 nitrogen and oxygen atoms in total. The molecule has 1 aliphatic rings. The Hall–Kier alpha value is -3.99. The quantitative estimate of drug-likeness (QED) is 0.0887. The highest BCUT2D eigenvalue weighted by Crippen LogP contribution is 2.24. The van der Waals surface area contributed by atoms with E-state index in [0.29, 0.717) is 43.7 Å². The Balaban J connectivity index is 1.58. The average molecular weight is 750 g/mol. The van der Waals surface area contributed by atoms with Crippen LogP contribution >= 0.6 is 11.6 Å². The number of likely N-dealkylation sites (tertiary alicyclic amines) is 1. The number of carbonyl (C=O) groups excluding carboxylic acids is 5. The third-order valence-electron chi connectivity index (χ3n) is 9.19. The number of ketones is 1. The molecule has 2 aromatic heterocycles. The highest BCUT2D eigenvalue weighted by molar-refractivity contribution is 6.30. The van der Waals surface area contributed by atoms with Crippen LogP contribution in [0.3, 0.4) is 0 Å². The van der Waals surface area contributed by atoms with Crippen LogP contribution in [0.15, 0.2) is 22.7 Å². The Morgan fingerprint density at radius 3 is 2.23 bits per heavy atom. The standard InChI is InChI=1S/C35H52ClN7O9/c1-20(2)26(28(48)31-41-42-33(52-31)35(17-44,18-45)19-46)39-30(50)24-10-9-15-43(24)32(51)27(21(3)4)38-25(47)11-7-8-13-34(5,6)40-29(49)23-16-22(36)12-14-37-23/h12,14,16,20-21,24,26-27,44-46H,7-11,13,15,17-19H2,1-6H3,(H,38,47)(H,39,50)(H,40,49)/t24-,26+,27+/m1/s1. The molecule has 0 radical (unpaired) electrons. The van der Waals surface area contributed by atoms with Crippen molar-refractivity contribution in [3.8, 4) is 0 Å². The lowest BCUT2D eigenvalue weighted by Crippen LogP contribution is -2.57. The molecule has 0 spiro atoms. The molecule has 288 valence electrons. The molecule has 0 saturated carbocycles. The first-order valence-electron chi connectivity index (χ1n) is 17.5. The number of aromatic nitrogens is 3. The number of nitrogens with zero attached hydrogens (tertiary/aromatic N) is 4. The van der Waals surface area contributed by atoms with E-state index in [1.165, 1.54) is 17.2 Å². The molecule has 0 aliphatic carbocycles. The minimum atomic E-state index is -1.65. The Morgan fingerprint density at radius 1 is 0.981 bits per heavy atom. The summed E-state index contributed by atoms with van der Waals surface area (Å²) < 4.78 is 5.43. The smallest absolute Gasteiger partial charge is 0.286 e. The van der Waals surface area contributed by atoms with Crippen molar-refractivity contribution in [1.82, 2.24) is 36.0 Å². The number of carbonyl (C=O) groups is 5. The number of hydrogen-bond donors (Lipinski definition) is 6. The summed E-state index contributed by atoms with van der Waals surface area (Å²) in [6, 6.07) is 0.189. The second-order valence-corrected chi connectivity index (χ2v) is 15.1. The van der Waals surface area contributed by atoms with Crippen LogP contribution in [-0.4, -0.2) is 115 Å². The van der Waals surface area contributed by atoms with Gasteiger partial charge in [-0.2, -0.15) is 0 Å². The van der Waals surface area contributed by atoms with Crippen LogP contribution in [-0.2, 0) is 19.8 Å². The highest BCUT2D eigenvalue weighted by atomic mass is 35.5. The summed E-state index contributed by atoms with van der Waals surface area (Å²) in [7, 11) is 0. The summed E-state index contributed by atoms with van der Waals surface area (Å²) in [6.45, 7) is 8.93. The molecular formula is C35H52ClN7O9. The summed E-state index contributed by atoms with van der Waals surface area (Å²) in [5.41, 5.74) is -2.01. The Morgan fingerprint density at radius 2 is 1.63 bits per heavy atom. The number of unbranched alkanes of at least 4 members (excludes halogenated alkanes) is 1. The first-order chi connectivity index (χ1) is 24.5. The molecule has 0 aromatic carbocycles. The monoisotopic (exact) mass is 749 g/mol. The van der Waals surface area contributed by atoms with E-state index in [0.717, 1.165) is 0 Å². The van der Waals surface area contributed by atoms with Crippen molar-refractivity contribution in [3.05, 3.63) is 40.8 Å². The van der Waals surface area contributed by atoms with E-state index in [1.54, 1.807) is 33.8 Å². The first kappa shape index (κ1) is 42.4. The molecule has 2 aromatic rings. The topological polar surface area (TPSA) is 237 Å². The number of Topliss-reactive ketones (excluding diaryl/α,β-unsaturated/α-hetero) is 1. The van der Waals surface area contributed by atoms with Gasteiger partial charge < -0.3 is 40.6 Å². The molecule has 0 bridgehead atoms. The molecule has 6 N–H and O–H groups in total. The molecule has 1 saturated heterocycles. The van der Waals surface area contributed by atoms with Gasteiger partial charge in [-0.3, -0.25) is 29.0 Å². The number of rotatable bonds is 19. The van der Waals surface area contributed by atoms with Crippen LogP contribution in [0, 0.1) is 11.8 Å². The third kappa shape index (κ3) is 10.8. The van der Waals surface area contributed by atoms with Gasteiger partial charge in [-0.25, -0.2) is 0 Å². The summed E-state index contributed by atoms with van der Waals surface area (Å²) in [5, 5.41) is 45.4. The summed E-state index contributed by atoms with van der Waals surface area (Å²) in [6.07, 6.45) is 4.25. The van der Waals surface area contributed by atoms with Crippen molar-refractivity contribution < 1.29 is 43.7 Å². The van der Waals surface area contributed by atoms with Gasteiger partial charge >= 0.3 is 0 Å². The van der Waals surface area contributed by atoms with Crippen LogP contribution in [0.4, 0.5) is 0 Å². The van der Waals surface area contributed by atoms with E-state index < -0.39 is 78.3 Å². The summed E-state index contributed by atoms with van der Waals surface area (Å²) >= 11 is 5.97. The normalized spacial score (nSPS) is 16.2. The zero-order valence-electron chi connectivity index (χ0n) is 30.6. The number of nitrogens with one attached hydrogen (secondary N) is 3. The second kappa shape index (κ2) is 18.7. The molecule has 0 unspecified atom stereocenters. The molecule has 52 heavy (non-hydrogen) atoms. The fourth-order valence-corrected chi connectivity index (χ4v) is 6.02. The summed E-state index contributed by atoms with van der Waals surface area (Å²) in [5.74, 6) is -3.84. The van der Waals surface area contributed by atoms with Gasteiger partial charge in [-0.05, 0) is 63.5 Å². The number of halogens is 1.